The maximum absolute atomic E-state index is 13.3. The summed E-state index contributed by atoms with van der Waals surface area (Å²) in [7, 11) is 3.27. The summed E-state index contributed by atoms with van der Waals surface area (Å²) in [6, 6.07) is 5.99. The van der Waals surface area contributed by atoms with Crippen LogP contribution in [0, 0.1) is 11.3 Å². The average molecular weight is 383 g/mol. The van der Waals surface area contributed by atoms with Crippen molar-refractivity contribution in [1.29, 1.82) is 0 Å². The fraction of sp³-hybridized carbons (Fsp3) is 0.522. The normalized spacial score (nSPS) is 33.9. The molecule has 1 aliphatic carbocycles. The molecule has 1 aromatic rings. The van der Waals surface area contributed by atoms with Crippen molar-refractivity contribution in [3.8, 4) is 11.5 Å². The van der Waals surface area contributed by atoms with Crippen LogP contribution in [0.5, 0.6) is 11.5 Å². The average Bonchev–Trinajstić information content (AvgIpc) is 3.24. The SMILES string of the molecule is C=CCN1C(=O)C[C@@H](c2ccc(OC)c(OC)c2)[C@@H]2CC[C@@]3(C=C)CCO[C@]213. The van der Waals surface area contributed by atoms with Gasteiger partial charge in [0.1, 0.15) is 0 Å². The van der Waals surface area contributed by atoms with Crippen LogP contribution in [0.25, 0.3) is 0 Å². The van der Waals surface area contributed by atoms with Gasteiger partial charge in [-0.05, 0) is 37.0 Å². The highest BCUT2D eigenvalue weighted by Crippen LogP contribution is 2.65. The highest BCUT2D eigenvalue weighted by Gasteiger charge is 2.69. The van der Waals surface area contributed by atoms with E-state index in [9.17, 15) is 4.79 Å². The molecule has 0 bridgehead atoms. The van der Waals surface area contributed by atoms with Crippen LogP contribution in [0.15, 0.2) is 43.5 Å². The molecule has 2 aliphatic heterocycles. The Balaban J connectivity index is 1.81. The first kappa shape index (κ1) is 19.1. The van der Waals surface area contributed by atoms with Crippen molar-refractivity contribution in [2.24, 2.45) is 11.3 Å². The van der Waals surface area contributed by atoms with E-state index in [1.165, 1.54) is 0 Å². The van der Waals surface area contributed by atoms with Crippen LogP contribution in [-0.4, -0.2) is 43.9 Å². The van der Waals surface area contributed by atoms with Crippen molar-refractivity contribution < 1.29 is 19.0 Å². The molecule has 4 rings (SSSR count). The number of ether oxygens (including phenoxy) is 3. The predicted octanol–water partition coefficient (Wildman–Crippen LogP) is 3.90. The Morgan fingerprint density at radius 3 is 2.71 bits per heavy atom. The zero-order valence-electron chi connectivity index (χ0n) is 16.8. The Hall–Kier alpha value is -2.27. The smallest absolute Gasteiger partial charge is 0.225 e. The first-order valence-corrected chi connectivity index (χ1v) is 9.97. The Bertz CT molecular complexity index is 806. The molecule has 4 atom stereocenters. The van der Waals surface area contributed by atoms with Gasteiger partial charge in [0.25, 0.3) is 0 Å². The van der Waals surface area contributed by atoms with Gasteiger partial charge in [0.15, 0.2) is 17.2 Å². The minimum absolute atomic E-state index is 0.0771. The van der Waals surface area contributed by atoms with E-state index in [2.05, 4.69) is 19.2 Å². The highest BCUT2D eigenvalue weighted by atomic mass is 16.5. The lowest BCUT2D eigenvalue weighted by Crippen LogP contribution is -2.64. The molecule has 3 fully saturated rings. The predicted molar refractivity (Wildman–Crippen MR) is 107 cm³/mol. The summed E-state index contributed by atoms with van der Waals surface area (Å²) in [5.74, 6) is 1.79. The van der Waals surface area contributed by atoms with E-state index < -0.39 is 5.72 Å². The largest absolute Gasteiger partial charge is 0.493 e. The fourth-order valence-corrected chi connectivity index (χ4v) is 5.90. The number of nitrogens with zero attached hydrogens (tertiary/aromatic N) is 1. The van der Waals surface area contributed by atoms with Crippen molar-refractivity contribution in [3.05, 3.63) is 49.1 Å². The lowest BCUT2D eigenvalue weighted by Gasteiger charge is -2.54. The van der Waals surface area contributed by atoms with E-state index >= 15 is 0 Å². The number of carbonyl (C=O) groups is 1. The quantitative estimate of drug-likeness (QED) is 0.699. The summed E-state index contributed by atoms with van der Waals surface area (Å²) in [6.45, 7) is 9.18. The summed E-state index contributed by atoms with van der Waals surface area (Å²) >= 11 is 0. The number of hydrogen-bond acceptors (Lipinski definition) is 4. The van der Waals surface area contributed by atoms with E-state index in [-0.39, 0.29) is 23.2 Å². The molecule has 5 heteroatoms. The van der Waals surface area contributed by atoms with Gasteiger partial charge < -0.3 is 19.1 Å². The van der Waals surface area contributed by atoms with Gasteiger partial charge >= 0.3 is 0 Å². The van der Waals surface area contributed by atoms with Crippen molar-refractivity contribution in [1.82, 2.24) is 4.90 Å². The molecule has 0 N–H and O–H groups in total. The molecular weight excluding hydrogens is 354 g/mol. The molecule has 0 unspecified atom stereocenters. The molecule has 28 heavy (non-hydrogen) atoms. The summed E-state index contributed by atoms with van der Waals surface area (Å²) in [4.78, 5) is 15.2. The maximum Gasteiger partial charge on any atom is 0.225 e. The van der Waals surface area contributed by atoms with E-state index in [0.717, 1.165) is 24.8 Å². The fourth-order valence-electron chi connectivity index (χ4n) is 5.90. The van der Waals surface area contributed by atoms with Gasteiger partial charge in [-0.1, -0.05) is 18.2 Å². The molecule has 1 aromatic carbocycles. The van der Waals surface area contributed by atoms with Gasteiger partial charge in [-0.15, -0.1) is 13.2 Å². The van der Waals surface area contributed by atoms with E-state index in [1.807, 2.05) is 23.1 Å². The second-order valence-corrected chi connectivity index (χ2v) is 8.02. The molecule has 2 heterocycles. The van der Waals surface area contributed by atoms with Gasteiger partial charge in [-0.2, -0.15) is 0 Å². The number of benzene rings is 1. The standard InChI is InChI=1S/C23H29NO4/c1-5-12-24-21(25)15-17(16-7-8-19(26-3)20(14-16)27-4)18-9-10-22(6-2)11-13-28-23(18,22)24/h5-8,14,17-18H,1-2,9-13,15H2,3-4H3/t17-,18-,22-,23-/m0/s1. The van der Waals surface area contributed by atoms with Gasteiger partial charge in [0.2, 0.25) is 5.91 Å². The number of rotatable bonds is 6. The summed E-state index contributed by atoms with van der Waals surface area (Å²) < 4.78 is 17.4. The zero-order valence-corrected chi connectivity index (χ0v) is 16.8. The molecule has 0 radical (unpaired) electrons. The third-order valence-corrected chi connectivity index (χ3v) is 7.11. The van der Waals surface area contributed by atoms with Crippen molar-refractivity contribution in [3.63, 3.8) is 0 Å². The van der Waals surface area contributed by atoms with Crippen molar-refractivity contribution in [2.45, 2.75) is 37.3 Å². The molecule has 1 amide bonds. The molecule has 5 nitrogen and oxygen atoms in total. The number of carbonyl (C=O) groups excluding carboxylic acids is 1. The van der Waals surface area contributed by atoms with Gasteiger partial charge in [0, 0.05) is 30.2 Å². The zero-order chi connectivity index (χ0) is 19.9. The summed E-state index contributed by atoms with van der Waals surface area (Å²) in [5.41, 5.74) is 0.283. The van der Waals surface area contributed by atoms with E-state index in [4.69, 9.17) is 14.2 Å². The van der Waals surface area contributed by atoms with Crippen LogP contribution in [-0.2, 0) is 9.53 Å². The molecule has 1 saturated carbocycles. The molecule has 2 saturated heterocycles. The van der Waals surface area contributed by atoms with Crippen molar-refractivity contribution in [2.75, 3.05) is 27.4 Å². The van der Waals surface area contributed by atoms with Crippen LogP contribution < -0.4 is 9.47 Å². The first-order valence-electron chi connectivity index (χ1n) is 9.97. The monoisotopic (exact) mass is 383 g/mol. The maximum atomic E-state index is 13.3. The number of likely N-dealkylation sites (tertiary alicyclic amines) is 1. The lowest BCUT2D eigenvalue weighted by molar-refractivity contribution is -0.204. The topological polar surface area (TPSA) is 48.0 Å². The Morgan fingerprint density at radius 1 is 1.25 bits per heavy atom. The second-order valence-electron chi connectivity index (χ2n) is 8.02. The second kappa shape index (κ2) is 6.96. The molecule has 1 spiro atoms. The van der Waals surface area contributed by atoms with Crippen LogP contribution in [0.2, 0.25) is 0 Å². The minimum Gasteiger partial charge on any atom is -0.493 e. The third kappa shape index (κ3) is 2.38. The Kier molecular flexibility index (Phi) is 4.74. The number of methoxy groups -OCH3 is 2. The van der Waals surface area contributed by atoms with E-state index in [0.29, 0.717) is 31.1 Å². The molecule has 3 aliphatic rings. The number of piperidine rings is 1. The number of hydrogen-bond donors (Lipinski definition) is 0. The van der Waals surface area contributed by atoms with Gasteiger partial charge in [0.05, 0.1) is 20.8 Å². The highest BCUT2D eigenvalue weighted by molar-refractivity contribution is 5.80. The molecule has 150 valence electrons. The summed E-state index contributed by atoms with van der Waals surface area (Å²) in [6.07, 6.45) is 7.21. The Morgan fingerprint density at radius 2 is 2.04 bits per heavy atom. The minimum atomic E-state index is -0.629. The van der Waals surface area contributed by atoms with Gasteiger partial charge in [-0.25, -0.2) is 0 Å². The third-order valence-electron chi connectivity index (χ3n) is 7.11. The molecular formula is C23H29NO4. The molecule has 0 aromatic heterocycles. The van der Waals surface area contributed by atoms with Gasteiger partial charge in [-0.3, -0.25) is 4.79 Å². The summed E-state index contributed by atoms with van der Waals surface area (Å²) in [5, 5.41) is 0. The Labute approximate surface area is 167 Å². The van der Waals surface area contributed by atoms with Crippen LogP contribution in [0.1, 0.15) is 37.2 Å². The van der Waals surface area contributed by atoms with Crippen LogP contribution >= 0.6 is 0 Å². The van der Waals surface area contributed by atoms with Crippen LogP contribution in [0.3, 0.4) is 0 Å². The van der Waals surface area contributed by atoms with E-state index in [1.54, 1.807) is 20.3 Å². The first-order chi connectivity index (χ1) is 13.6. The van der Waals surface area contributed by atoms with Crippen LogP contribution in [0.4, 0.5) is 0 Å². The number of amides is 1. The van der Waals surface area contributed by atoms with Crippen molar-refractivity contribution >= 4 is 5.91 Å². The lowest BCUT2D eigenvalue weighted by atomic mass is 9.68.